The molecule has 0 aliphatic carbocycles. The number of aromatic nitrogens is 1. The van der Waals surface area contributed by atoms with Crippen molar-refractivity contribution in [2.75, 3.05) is 23.3 Å². The largest absolute Gasteiger partial charge is 0.497 e. The van der Waals surface area contributed by atoms with Crippen molar-refractivity contribution in [2.45, 2.75) is 24.3 Å². The molecule has 1 amide bonds. The fourth-order valence-electron chi connectivity index (χ4n) is 4.40. The van der Waals surface area contributed by atoms with Crippen molar-refractivity contribution in [3.8, 4) is 17.0 Å². The number of para-hydroxylation sites is 1. The van der Waals surface area contributed by atoms with E-state index >= 15 is 0 Å². The van der Waals surface area contributed by atoms with Crippen molar-refractivity contribution in [2.24, 2.45) is 0 Å². The van der Waals surface area contributed by atoms with Gasteiger partial charge in [0.1, 0.15) is 5.75 Å². The first-order valence-electron chi connectivity index (χ1n) is 12.1. The van der Waals surface area contributed by atoms with E-state index in [1.165, 1.54) is 39.9 Å². The molecule has 3 aromatic carbocycles. The molecule has 0 radical (unpaired) electrons. The number of thiazole rings is 1. The van der Waals surface area contributed by atoms with Crippen LogP contribution < -0.4 is 14.4 Å². The van der Waals surface area contributed by atoms with Gasteiger partial charge in [0, 0.05) is 17.0 Å². The number of amides is 1. The average molecular weight is 564 g/mol. The van der Waals surface area contributed by atoms with Crippen LogP contribution in [-0.2, 0) is 26.0 Å². The van der Waals surface area contributed by atoms with Gasteiger partial charge in [0.2, 0.25) is 0 Å². The monoisotopic (exact) mass is 563 g/mol. The van der Waals surface area contributed by atoms with Gasteiger partial charge < -0.3 is 9.47 Å². The number of fused-ring (bicyclic) bond motifs is 1. The number of hydrogen-bond donors (Lipinski definition) is 1. The second-order valence-electron chi connectivity index (χ2n) is 8.90. The van der Waals surface area contributed by atoms with Crippen molar-refractivity contribution in [1.29, 1.82) is 0 Å². The van der Waals surface area contributed by atoms with Crippen LogP contribution in [0.25, 0.3) is 11.3 Å². The maximum absolute atomic E-state index is 13.5. The molecule has 0 fully saturated rings. The number of hydrogen-bond acceptors (Lipinski definition) is 8. The van der Waals surface area contributed by atoms with E-state index in [9.17, 15) is 18.0 Å². The molecule has 200 valence electrons. The normalized spacial score (nSPS) is 14.5. The summed E-state index contributed by atoms with van der Waals surface area (Å²) in [5.41, 5.74) is 3.15. The zero-order valence-electron chi connectivity index (χ0n) is 21.2. The van der Waals surface area contributed by atoms with Crippen molar-refractivity contribution >= 4 is 44.1 Å². The van der Waals surface area contributed by atoms with E-state index < -0.39 is 28.5 Å². The lowest BCUT2D eigenvalue weighted by molar-refractivity contribution is -0.119. The van der Waals surface area contributed by atoms with Gasteiger partial charge >= 0.3 is 5.97 Å². The maximum atomic E-state index is 13.5. The summed E-state index contributed by atoms with van der Waals surface area (Å²) in [6.45, 7) is 1.29. The molecule has 0 saturated heterocycles. The smallest absolute Gasteiger partial charge is 0.338 e. The molecule has 1 aliphatic rings. The van der Waals surface area contributed by atoms with Gasteiger partial charge in [-0.15, -0.1) is 11.3 Å². The van der Waals surface area contributed by atoms with E-state index in [2.05, 4.69) is 10.3 Å². The number of nitrogens with one attached hydrogen (secondary N) is 1. The Kier molecular flexibility index (Phi) is 7.36. The van der Waals surface area contributed by atoms with Crippen LogP contribution in [0, 0.1) is 0 Å². The third-order valence-corrected chi connectivity index (χ3v) is 8.92. The van der Waals surface area contributed by atoms with Crippen LogP contribution in [-0.4, -0.2) is 45.0 Å². The van der Waals surface area contributed by atoms with E-state index in [1.54, 1.807) is 24.6 Å². The molecule has 2 heterocycles. The molecule has 1 atom stereocenters. The highest BCUT2D eigenvalue weighted by atomic mass is 32.2. The third-order valence-electron chi connectivity index (χ3n) is 6.24. The number of ether oxygens (including phenoxy) is 2. The van der Waals surface area contributed by atoms with Crippen molar-refractivity contribution in [1.82, 2.24) is 4.98 Å². The van der Waals surface area contributed by atoms with E-state index in [-0.39, 0.29) is 16.5 Å². The predicted molar refractivity (Wildman–Crippen MR) is 149 cm³/mol. The van der Waals surface area contributed by atoms with E-state index in [0.717, 1.165) is 16.9 Å². The minimum atomic E-state index is -3.92. The van der Waals surface area contributed by atoms with Gasteiger partial charge in [-0.05, 0) is 67.4 Å². The van der Waals surface area contributed by atoms with Crippen LogP contribution in [0.5, 0.6) is 5.75 Å². The first-order valence-corrected chi connectivity index (χ1v) is 14.4. The van der Waals surface area contributed by atoms with Crippen LogP contribution in [0.1, 0.15) is 22.8 Å². The zero-order chi connectivity index (χ0) is 27.6. The lowest BCUT2D eigenvalue weighted by Gasteiger charge is -2.24. The van der Waals surface area contributed by atoms with Gasteiger partial charge in [-0.1, -0.05) is 24.3 Å². The summed E-state index contributed by atoms with van der Waals surface area (Å²) in [6, 6.07) is 20.1. The second kappa shape index (κ2) is 10.9. The fourth-order valence-corrected chi connectivity index (χ4v) is 6.87. The Hall–Kier alpha value is -4.22. The molecule has 11 heteroatoms. The molecule has 1 aliphatic heterocycles. The molecule has 39 heavy (non-hydrogen) atoms. The molecule has 1 unspecified atom stereocenters. The van der Waals surface area contributed by atoms with Crippen LogP contribution in [0.2, 0.25) is 0 Å². The van der Waals surface area contributed by atoms with Crippen LogP contribution in [0.3, 0.4) is 0 Å². The molecule has 9 nitrogen and oxygen atoms in total. The zero-order valence-corrected chi connectivity index (χ0v) is 22.8. The minimum absolute atomic E-state index is 0.0278. The highest BCUT2D eigenvalue weighted by Crippen LogP contribution is 2.36. The summed E-state index contributed by atoms with van der Waals surface area (Å²) in [5.74, 6) is -0.649. The fraction of sp³-hybridized carbons (Fsp3) is 0.179. The van der Waals surface area contributed by atoms with Crippen molar-refractivity contribution < 1.29 is 27.5 Å². The number of methoxy groups -OCH3 is 1. The predicted octanol–water partition coefficient (Wildman–Crippen LogP) is 4.75. The quantitative estimate of drug-likeness (QED) is 0.308. The summed E-state index contributed by atoms with van der Waals surface area (Å²) >= 11 is 1.24. The Morgan fingerprint density at radius 3 is 2.62 bits per heavy atom. The number of carbonyl (C=O) groups is 2. The lowest BCUT2D eigenvalue weighted by Crippen LogP contribution is -2.35. The first kappa shape index (κ1) is 26.4. The van der Waals surface area contributed by atoms with Crippen LogP contribution in [0.4, 0.5) is 10.8 Å². The van der Waals surface area contributed by atoms with Gasteiger partial charge in [-0.3, -0.25) is 14.4 Å². The molecule has 5 rings (SSSR count). The van der Waals surface area contributed by atoms with Gasteiger partial charge in [-0.2, -0.15) is 0 Å². The maximum Gasteiger partial charge on any atom is 0.338 e. The molecule has 0 spiro atoms. The highest BCUT2D eigenvalue weighted by Gasteiger charge is 2.36. The van der Waals surface area contributed by atoms with Crippen molar-refractivity contribution in [3.63, 3.8) is 0 Å². The number of sulfonamides is 1. The summed E-state index contributed by atoms with van der Waals surface area (Å²) in [5, 5.41) is 4.77. The number of carbonyl (C=O) groups excluding carboxylic acids is 2. The SMILES string of the molecule is COc1ccc(-c2csc(NC(=O)COC(=O)c3cccc(S(=O)(=O)N4c5ccccc5CC4C)c3)n2)cc1. The summed E-state index contributed by atoms with van der Waals surface area (Å²) in [7, 11) is -2.33. The van der Waals surface area contributed by atoms with E-state index in [1.807, 2.05) is 43.3 Å². The number of rotatable bonds is 8. The molecule has 0 saturated carbocycles. The Labute approximate surface area is 230 Å². The topological polar surface area (TPSA) is 115 Å². The highest BCUT2D eigenvalue weighted by molar-refractivity contribution is 7.92. The molecule has 0 bridgehead atoms. The molecular weight excluding hydrogens is 538 g/mol. The lowest BCUT2D eigenvalue weighted by atomic mass is 10.1. The Balaban J connectivity index is 1.22. The van der Waals surface area contributed by atoms with Gasteiger partial charge in [-0.25, -0.2) is 18.2 Å². The molecule has 1 aromatic heterocycles. The van der Waals surface area contributed by atoms with Gasteiger partial charge in [0.05, 0.1) is 29.0 Å². The summed E-state index contributed by atoms with van der Waals surface area (Å²) < 4.78 is 38.7. The Bertz CT molecular complexity index is 1630. The number of nitrogens with zero attached hydrogens (tertiary/aromatic N) is 2. The Morgan fingerprint density at radius 1 is 1.08 bits per heavy atom. The number of benzene rings is 3. The summed E-state index contributed by atoms with van der Waals surface area (Å²) in [4.78, 5) is 29.4. The van der Waals surface area contributed by atoms with E-state index in [4.69, 9.17) is 9.47 Å². The molecule has 4 aromatic rings. The second-order valence-corrected chi connectivity index (χ2v) is 11.6. The minimum Gasteiger partial charge on any atom is -0.497 e. The Morgan fingerprint density at radius 2 is 1.85 bits per heavy atom. The first-order chi connectivity index (χ1) is 18.8. The van der Waals surface area contributed by atoms with E-state index in [0.29, 0.717) is 22.9 Å². The molecule has 1 N–H and O–H groups in total. The molecular formula is C28H25N3O6S2. The van der Waals surface area contributed by atoms with Gasteiger partial charge in [0.15, 0.2) is 11.7 Å². The standard InChI is InChI=1S/C28H25N3O6S2/c1-18-14-20-6-3-4-9-25(20)31(18)39(34,35)23-8-5-7-21(15-23)27(33)37-16-26(32)30-28-29-24(17-38-28)19-10-12-22(36-2)13-11-19/h3-13,15,17-18H,14,16H2,1-2H3,(H,29,30,32). The van der Waals surface area contributed by atoms with Crippen LogP contribution in [0.15, 0.2) is 83.1 Å². The van der Waals surface area contributed by atoms with Gasteiger partial charge in [0.25, 0.3) is 15.9 Å². The van der Waals surface area contributed by atoms with Crippen molar-refractivity contribution in [3.05, 3.63) is 89.3 Å². The number of anilines is 2. The number of esters is 1. The summed E-state index contributed by atoms with van der Waals surface area (Å²) in [6.07, 6.45) is 0.604. The average Bonchev–Trinajstić information content (AvgIpc) is 3.55. The van der Waals surface area contributed by atoms with Crippen LogP contribution >= 0.6 is 11.3 Å². The third kappa shape index (κ3) is 5.50.